The number of hydrogen-bond donors (Lipinski definition) is 0. The Kier molecular flexibility index (Phi) is 4.61. The molecule has 2 aromatic carbocycles. The first-order valence-corrected chi connectivity index (χ1v) is 12.1. The molecule has 162 valence electrons. The Labute approximate surface area is 189 Å². The number of nitrogens with zero attached hydrogens (tertiary/aromatic N) is 1. The first kappa shape index (κ1) is 19.7. The fourth-order valence-electron chi connectivity index (χ4n) is 7.33. The van der Waals surface area contributed by atoms with Crippen LogP contribution in [-0.2, 0) is 11.2 Å². The first-order chi connectivity index (χ1) is 15.1. The van der Waals surface area contributed by atoms with Gasteiger partial charge in [-0.25, -0.2) is 0 Å². The molecular formula is C27H30ClNO2. The highest BCUT2D eigenvalue weighted by Crippen LogP contribution is 2.63. The van der Waals surface area contributed by atoms with Crippen LogP contribution in [0, 0.1) is 23.2 Å². The van der Waals surface area contributed by atoms with Gasteiger partial charge in [0.2, 0.25) is 5.90 Å². The minimum atomic E-state index is 0.240. The van der Waals surface area contributed by atoms with Crippen molar-refractivity contribution in [1.29, 1.82) is 0 Å². The van der Waals surface area contributed by atoms with Crippen molar-refractivity contribution < 1.29 is 9.47 Å². The zero-order valence-corrected chi connectivity index (χ0v) is 19.1. The molecule has 0 aromatic heterocycles. The Balaban J connectivity index is 1.27. The minimum Gasteiger partial charge on any atom is -0.497 e. The summed E-state index contributed by atoms with van der Waals surface area (Å²) in [6, 6.07) is 14.7. The van der Waals surface area contributed by atoms with Gasteiger partial charge in [-0.3, -0.25) is 4.99 Å². The molecule has 0 amide bonds. The quantitative estimate of drug-likeness (QED) is 0.556. The number of rotatable bonds is 2. The van der Waals surface area contributed by atoms with Gasteiger partial charge < -0.3 is 9.47 Å². The lowest BCUT2D eigenvalue weighted by Gasteiger charge is -2.50. The third-order valence-electron chi connectivity index (χ3n) is 8.81. The molecule has 6 atom stereocenters. The maximum atomic E-state index is 6.68. The number of hydrogen-bond acceptors (Lipinski definition) is 3. The number of methoxy groups -OCH3 is 1. The van der Waals surface area contributed by atoms with Crippen LogP contribution in [0.2, 0.25) is 5.02 Å². The average Bonchev–Trinajstić information content (AvgIpc) is 3.11. The second-order valence-electron chi connectivity index (χ2n) is 10.2. The van der Waals surface area contributed by atoms with E-state index in [0.29, 0.717) is 11.8 Å². The van der Waals surface area contributed by atoms with E-state index in [0.717, 1.165) is 40.6 Å². The van der Waals surface area contributed by atoms with Gasteiger partial charge in [0, 0.05) is 28.5 Å². The third kappa shape index (κ3) is 3.03. The van der Waals surface area contributed by atoms with Gasteiger partial charge in [-0.15, -0.1) is 0 Å². The van der Waals surface area contributed by atoms with Crippen LogP contribution in [0.4, 0.5) is 0 Å². The summed E-state index contributed by atoms with van der Waals surface area (Å²) in [5.74, 6) is 4.50. The van der Waals surface area contributed by atoms with Crippen LogP contribution >= 0.6 is 11.6 Å². The van der Waals surface area contributed by atoms with Crippen molar-refractivity contribution >= 4 is 17.5 Å². The molecule has 3 aliphatic carbocycles. The molecule has 6 rings (SSSR count). The van der Waals surface area contributed by atoms with Gasteiger partial charge >= 0.3 is 0 Å². The highest BCUT2D eigenvalue weighted by atomic mass is 35.5. The lowest BCUT2D eigenvalue weighted by Crippen LogP contribution is -2.47. The topological polar surface area (TPSA) is 30.8 Å². The number of aliphatic imine (C=N–C) groups is 1. The number of fused-ring (bicyclic) bond motifs is 7. The summed E-state index contributed by atoms with van der Waals surface area (Å²) in [5.41, 5.74) is 4.37. The molecule has 0 N–H and O–H groups in total. The van der Waals surface area contributed by atoms with Gasteiger partial charge in [-0.05, 0) is 97.4 Å². The average molecular weight is 436 g/mol. The smallest absolute Gasteiger partial charge is 0.216 e. The van der Waals surface area contributed by atoms with Crippen LogP contribution in [0.3, 0.4) is 0 Å². The summed E-state index contributed by atoms with van der Waals surface area (Å²) < 4.78 is 12.2. The fourth-order valence-corrected chi connectivity index (χ4v) is 7.46. The summed E-state index contributed by atoms with van der Waals surface area (Å²) in [5, 5.41) is 0.749. The predicted molar refractivity (Wildman–Crippen MR) is 124 cm³/mol. The second kappa shape index (κ2) is 7.27. The number of halogens is 1. The molecule has 0 unspecified atom stereocenters. The largest absolute Gasteiger partial charge is 0.497 e. The zero-order chi connectivity index (χ0) is 21.2. The molecule has 4 aliphatic rings. The number of aryl methyl sites for hydroxylation is 1. The summed E-state index contributed by atoms with van der Waals surface area (Å²) in [6.07, 6.45) is 6.49. The van der Waals surface area contributed by atoms with Gasteiger partial charge in [-0.2, -0.15) is 0 Å². The molecule has 2 fully saturated rings. The van der Waals surface area contributed by atoms with E-state index in [4.69, 9.17) is 26.1 Å². The van der Waals surface area contributed by atoms with Gasteiger partial charge in [-0.1, -0.05) is 24.6 Å². The van der Waals surface area contributed by atoms with Crippen molar-refractivity contribution in [3.8, 4) is 5.75 Å². The van der Waals surface area contributed by atoms with E-state index < -0.39 is 0 Å². The van der Waals surface area contributed by atoms with E-state index in [1.165, 1.54) is 37.7 Å². The molecule has 0 spiro atoms. The lowest BCUT2D eigenvalue weighted by atomic mass is 9.55. The normalized spacial score (nSPS) is 35.7. The van der Waals surface area contributed by atoms with Crippen LogP contribution in [0.5, 0.6) is 5.75 Å². The van der Waals surface area contributed by atoms with E-state index >= 15 is 0 Å². The van der Waals surface area contributed by atoms with Crippen molar-refractivity contribution in [3.05, 3.63) is 64.2 Å². The van der Waals surface area contributed by atoms with Gasteiger partial charge in [0.1, 0.15) is 11.9 Å². The van der Waals surface area contributed by atoms with Crippen LogP contribution in [0.1, 0.15) is 55.2 Å². The number of ether oxygens (including phenoxy) is 2. The van der Waals surface area contributed by atoms with Gasteiger partial charge in [0.05, 0.1) is 7.11 Å². The van der Waals surface area contributed by atoms with Crippen molar-refractivity contribution in [2.45, 2.75) is 51.0 Å². The Morgan fingerprint density at radius 2 is 1.97 bits per heavy atom. The van der Waals surface area contributed by atoms with Crippen LogP contribution in [0.25, 0.3) is 0 Å². The molecule has 4 heteroatoms. The summed E-state index contributed by atoms with van der Waals surface area (Å²) >= 11 is 6.08. The van der Waals surface area contributed by atoms with Crippen LogP contribution < -0.4 is 4.74 Å². The molecule has 1 aliphatic heterocycles. The van der Waals surface area contributed by atoms with Crippen molar-refractivity contribution in [2.75, 3.05) is 13.7 Å². The first-order valence-electron chi connectivity index (χ1n) is 11.7. The predicted octanol–water partition coefficient (Wildman–Crippen LogP) is 6.28. The Morgan fingerprint density at radius 3 is 2.77 bits per heavy atom. The standard InChI is InChI=1S/C27H30ClNO2/c1-27-12-11-22-21-10-8-20(30-2)13-17(21)5-9-23(22)24(27)14-18-15-29-26(31-25(18)27)16-3-6-19(28)7-4-16/h3-4,6-8,10,13,18,22-25H,5,9,11-12,14-15H2,1-2H3/t18-,22-,23-,24+,25+,27+/m1/s1. The fraction of sp³-hybridized carbons (Fsp3) is 0.519. The maximum Gasteiger partial charge on any atom is 0.216 e. The second-order valence-corrected chi connectivity index (χ2v) is 10.6. The van der Waals surface area contributed by atoms with Crippen molar-refractivity contribution in [1.82, 2.24) is 0 Å². The van der Waals surface area contributed by atoms with Gasteiger partial charge in [0.15, 0.2) is 0 Å². The lowest BCUT2D eigenvalue weighted by molar-refractivity contribution is -0.0278. The van der Waals surface area contributed by atoms with E-state index in [-0.39, 0.29) is 11.5 Å². The molecule has 0 saturated heterocycles. The highest BCUT2D eigenvalue weighted by molar-refractivity contribution is 6.30. The van der Waals surface area contributed by atoms with Crippen LogP contribution in [0.15, 0.2) is 47.5 Å². The molecule has 3 nitrogen and oxygen atoms in total. The Bertz CT molecular complexity index is 1030. The molecule has 1 heterocycles. The van der Waals surface area contributed by atoms with Gasteiger partial charge in [0.25, 0.3) is 0 Å². The van der Waals surface area contributed by atoms with Crippen molar-refractivity contribution in [2.24, 2.45) is 28.2 Å². The third-order valence-corrected chi connectivity index (χ3v) is 9.06. The summed E-state index contributed by atoms with van der Waals surface area (Å²) in [4.78, 5) is 4.86. The molecule has 0 radical (unpaired) electrons. The van der Waals surface area contributed by atoms with Crippen molar-refractivity contribution in [3.63, 3.8) is 0 Å². The van der Waals surface area contributed by atoms with E-state index in [1.54, 1.807) is 12.7 Å². The van der Waals surface area contributed by atoms with E-state index in [2.05, 4.69) is 25.1 Å². The minimum absolute atomic E-state index is 0.240. The Hall–Kier alpha value is -2.00. The maximum absolute atomic E-state index is 6.68. The number of benzene rings is 2. The molecular weight excluding hydrogens is 406 g/mol. The SMILES string of the molecule is COc1ccc2c(c1)CC[C@@H]1[C@@H]2CC[C@@]2(C)[C@H]1C[C@@H]1CN=C(c3ccc(Cl)cc3)O[C@@H]12. The molecule has 2 saturated carbocycles. The highest BCUT2D eigenvalue weighted by Gasteiger charge is 2.60. The molecule has 31 heavy (non-hydrogen) atoms. The van der Waals surface area contributed by atoms with E-state index in [9.17, 15) is 0 Å². The Morgan fingerprint density at radius 1 is 1.13 bits per heavy atom. The van der Waals surface area contributed by atoms with E-state index in [1.807, 2.05) is 24.3 Å². The summed E-state index contributed by atoms with van der Waals surface area (Å²) in [6.45, 7) is 3.40. The zero-order valence-electron chi connectivity index (χ0n) is 18.3. The monoisotopic (exact) mass is 435 g/mol. The summed E-state index contributed by atoms with van der Waals surface area (Å²) in [7, 11) is 1.76. The molecule has 0 bridgehead atoms. The van der Waals surface area contributed by atoms with Crippen LogP contribution in [-0.4, -0.2) is 25.7 Å². The molecule has 2 aromatic rings.